The van der Waals surface area contributed by atoms with Gasteiger partial charge < -0.3 is 16.2 Å². The Kier molecular flexibility index (Phi) is 7.68. The number of hydrogen-bond acceptors (Lipinski definition) is 3. The summed E-state index contributed by atoms with van der Waals surface area (Å²) in [6.45, 7) is 0. The molecule has 0 aromatic heterocycles. The fourth-order valence-electron chi connectivity index (χ4n) is 2.90. The molecule has 0 bridgehead atoms. The maximum absolute atomic E-state index is 13.9. The van der Waals surface area contributed by atoms with Gasteiger partial charge in [-0.3, -0.25) is 15.0 Å². The number of benzene rings is 2. The molecule has 0 fully saturated rings. The van der Waals surface area contributed by atoms with Gasteiger partial charge in [-0.2, -0.15) is 0 Å². The Hall–Kier alpha value is -3.22. The lowest BCUT2D eigenvalue weighted by molar-refractivity contribution is -0.137. The highest BCUT2D eigenvalue weighted by Crippen LogP contribution is 2.20. The molecule has 2 aromatic carbocycles. The molecule has 5 N–H and O–H groups in total. The number of aryl methyl sites for hydroxylation is 1. The number of carbonyl (C=O) groups is 2. The molecule has 0 aliphatic heterocycles. The molecule has 0 aliphatic rings. The Morgan fingerprint density at radius 3 is 2.39 bits per heavy atom. The molecule has 148 valence electrons. The van der Waals surface area contributed by atoms with Crippen LogP contribution in [0.25, 0.3) is 0 Å². The van der Waals surface area contributed by atoms with Crippen molar-refractivity contribution in [1.82, 2.24) is 5.32 Å². The maximum atomic E-state index is 13.9. The lowest BCUT2D eigenvalue weighted by Crippen LogP contribution is -2.30. The Labute approximate surface area is 163 Å². The normalized spacial score (nSPS) is 11.6. The van der Waals surface area contributed by atoms with Crippen LogP contribution in [0.3, 0.4) is 0 Å². The number of carboxylic acid groups (broad SMARTS) is 1. The second kappa shape index (κ2) is 10.2. The van der Waals surface area contributed by atoms with E-state index in [9.17, 15) is 14.0 Å². The van der Waals surface area contributed by atoms with Gasteiger partial charge in [0.2, 0.25) is 5.91 Å². The van der Waals surface area contributed by atoms with Gasteiger partial charge in [0, 0.05) is 17.5 Å². The predicted octanol–water partition coefficient (Wildman–Crippen LogP) is 3.15. The number of amides is 1. The molecule has 2 aromatic rings. The summed E-state index contributed by atoms with van der Waals surface area (Å²) in [5.74, 6) is -1.93. The summed E-state index contributed by atoms with van der Waals surface area (Å²) >= 11 is 0. The predicted molar refractivity (Wildman–Crippen MR) is 105 cm³/mol. The van der Waals surface area contributed by atoms with Gasteiger partial charge in [0.05, 0.1) is 12.5 Å². The third kappa shape index (κ3) is 6.50. The van der Waals surface area contributed by atoms with Crippen molar-refractivity contribution in [1.29, 1.82) is 5.41 Å². The number of halogens is 1. The van der Waals surface area contributed by atoms with Crippen LogP contribution in [0, 0.1) is 11.2 Å². The van der Waals surface area contributed by atoms with Crippen LogP contribution in [-0.2, 0) is 16.0 Å². The first-order chi connectivity index (χ1) is 13.4. The van der Waals surface area contributed by atoms with Crippen molar-refractivity contribution in [3.8, 4) is 0 Å². The fourth-order valence-corrected chi connectivity index (χ4v) is 2.90. The summed E-state index contributed by atoms with van der Waals surface area (Å²) in [6, 6.07) is 12.3. The van der Waals surface area contributed by atoms with Crippen LogP contribution in [0.4, 0.5) is 4.39 Å². The average molecular weight is 385 g/mol. The first-order valence-electron chi connectivity index (χ1n) is 9.05. The van der Waals surface area contributed by atoms with Gasteiger partial charge in [0.15, 0.2) is 0 Å². The summed E-state index contributed by atoms with van der Waals surface area (Å²) in [4.78, 5) is 23.3. The largest absolute Gasteiger partial charge is 0.481 e. The van der Waals surface area contributed by atoms with E-state index in [0.29, 0.717) is 12.0 Å². The molecule has 0 saturated carbocycles. The van der Waals surface area contributed by atoms with E-state index >= 15 is 0 Å². The van der Waals surface area contributed by atoms with Crippen molar-refractivity contribution in [2.24, 2.45) is 5.73 Å². The average Bonchev–Trinajstić information content (AvgIpc) is 2.65. The summed E-state index contributed by atoms with van der Waals surface area (Å²) in [5, 5.41) is 19.0. The molecule has 0 spiro atoms. The zero-order valence-electron chi connectivity index (χ0n) is 15.5. The standard InChI is InChI=1S/C21H24FN3O3/c22-17-7-3-2-6-16(17)18(13-20(27)28)25-19(26)8-4-1-5-14-9-11-15(12-10-14)21(23)24/h2-3,6-7,9-12,18H,1,4-5,8,13H2,(H3,23,24)(H,25,26)(H,27,28). The van der Waals surface area contributed by atoms with Crippen LogP contribution >= 0.6 is 0 Å². The van der Waals surface area contributed by atoms with E-state index in [-0.39, 0.29) is 30.1 Å². The molecule has 6 nitrogen and oxygen atoms in total. The maximum Gasteiger partial charge on any atom is 0.305 e. The number of unbranched alkanes of at least 4 members (excludes halogenated alkanes) is 1. The van der Waals surface area contributed by atoms with E-state index in [1.807, 2.05) is 12.1 Å². The van der Waals surface area contributed by atoms with Gasteiger partial charge in [0.25, 0.3) is 0 Å². The van der Waals surface area contributed by atoms with Crippen molar-refractivity contribution in [2.75, 3.05) is 0 Å². The lowest BCUT2D eigenvalue weighted by atomic mass is 10.0. The third-order valence-corrected chi connectivity index (χ3v) is 4.38. The molecule has 0 heterocycles. The zero-order valence-corrected chi connectivity index (χ0v) is 15.5. The van der Waals surface area contributed by atoms with E-state index in [1.165, 1.54) is 18.2 Å². The van der Waals surface area contributed by atoms with Crippen molar-refractivity contribution < 1.29 is 19.1 Å². The number of aliphatic carboxylic acids is 1. The SMILES string of the molecule is N=C(N)c1ccc(CCCCC(=O)NC(CC(=O)O)c2ccccc2F)cc1. The molecule has 1 atom stereocenters. The first-order valence-corrected chi connectivity index (χ1v) is 9.05. The van der Waals surface area contributed by atoms with Crippen LogP contribution in [0.2, 0.25) is 0 Å². The second-order valence-electron chi connectivity index (χ2n) is 6.56. The molecular formula is C21H24FN3O3. The van der Waals surface area contributed by atoms with Crippen LogP contribution in [0.1, 0.15) is 48.4 Å². The quantitative estimate of drug-likeness (QED) is 0.285. The molecule has 1 amide bonds. The summed E-state index contributed by atoms with van der Waals surface area (Å²) < 4.78 is 13.9. The van der Waals surface area contributed by atoms with Gasteiger partial charge in [-0.05, 0) is 30.9 Å². The number of carboxylic acids is 1. The second-order valence-corrected chi connectivity index (χ2v) is 6.56. The van der Waals surface area contributed by atoms with Crippen molar-refractivity contribution >= 4 is 17.7 Å². The zero-order chi connectivity index (χ0) is 20.5. The Morgan fingerprint density at radius 1 is 1.11 bits per heavy atom. The lowest BCUT2D eigenvalue weighted by Gasteiger charge is -2.18. The molecule has 0 aliphatic carbocycles. The Bertz CT molecular complexity index is 837. The van der Waals surface area contributed by atoms with Crippen LogP contribution in [0.5, 0.6) is 0 Å². The minimum Gasteiger partial charge on any atom is -0.481 e. The topological polar surface area (TPSA) is 116 Å². The van der Waals surface area contributed by atoms with Gasteiger partial charge in [0.1, 0.15) is 11.7 Å². The van der Waals surface area contributed by atoms with Crippen LogP contribution < -0.4 is 11.1 Å². The number of nitrogens with one attached hydrogen (secondary N) is 2. The first kappa shape index (κ1) is 21.1. The number of amidine groups is 1. The number of hydrogen-bond donors (Lipinski definition) is 4. The number of nitrogen functional groups attached to an aromatic ring is 1. The Balaban J connectivity index is 1.83. The van der Waals surface area contributed by atoms with E-state index in [1.54, 1.807) is 18.2 Å². The highest BCUT2D eigenvalue weighted by molar-refractivity contribution is 5.94. The van der Waals surface area contributed by atoms with Gasteiger partial charge >= 0.3 is 5.97 Å². The van der Waals surface area contributed by atoms with Gasteiger partial charge in [-0.15, -0.1) is 0 Å². The molecule has 0 radical (unpaired) electrons. The van der Waals surface area contributed by atoms with Crippen LogP contribution in [0.15, 0.2) is 48.5 Å². The van der Waals surface area contributed by atoms with Gasteiger partial charge in [-0.25, -0.2) is 4.39 Å². The van der Waals surface area contributed by atoms with E-state index in [2.05, 4.69) is 5.32 Å². The minimum atomic E-state index is -1.11. The van der Waals surface area contributed by atoms with Crippen molar-refractivity contribution in [3.05, 3.63) is 71.0 Å². The highest BCUT2D eigenvalue weighted by Gasteiger charge is 2.20. The summed E-state index contributed by atoms with van der Waals surface area (Å²) in [5.41, 5.74) is 7.34. The fraction of sp³-hybridized carbons (Fsp3) is 0.286. The highest BCUT2D eigenvalue weighted by atomic mass is 19.1. The summed E-state index contributed by atoms with van der Waals surface area (Å²) in [6.07, 6.45) is 2.02. The number of carbonyl (C=O) groups excluding carboxylic acids is 1. The molecule has 0 saturated heterocycles. The molecule has 1 unspecified atom stereocenters. The van der Waals surface area contributed by atoms with Crippen molar-refractivity contribution in [2.45, 2.75) is 38.1 Å². The van der Waals surface area contributed by atoms with E-state index in [4.69, 9.17) is 16.2 Å². The monoisotopic (exact) mass is 385 g/mol. The van der Waals surface area contributed by atoms with Gasteiger partial charge in [-0.1, -0.05) is 42.5 Å². The molecule has 28 heavy (non-hydrogen) atoms. The van der Waals surface area contributed by atoms with E-state index in [0.717, 1.165) is 18.4 Å². The molecule has 2 rings (SSSR count). The Morgan fingerprint density at radius 2 is 1.79 bits per heavy atom. The smallest absolute Gasteiger partial charge is 0.305 e. The van der Waals surface area contributed by atoms with E-state index < -0.39 is 17.8 Å². The van der Waals surface area contributed by atoms with Crippen molar-refractivity contribution in [3.63, 3.8) is 0 Å². The number of rotatable bonds is 10. The number of nitrogens with two attached hydrogens (primary N) is 1. The van der Waals surface area contributed by atoms with Crippen LogP contribution in [-0.4, -0.2) is 22.8 Å². The molecular weight excluding hydrogens is 361 g/mol. The minimum absolute atomic E-state index is 0.0222. The summed E-state index contributed by atoms with van der Waals surface area (Å²) in [7, 11) is 0. The molecule has 7 heteroatoms. The third-order valence-electron chi connectivity index (χ3n) is 4.38.